The van der Waals surface area contributed by atoms with E-state index in [1.54, 1.807) is 21.1 Å². The third-order valence-corrected chi connectivity index (χ3v) is 10.1. The Bertz CT molecular complexity index is 979. The Balaban J connectivity index is 1.76. The van der Waals surface area contributed by atoms with Crippen LogP contribution < -0.4 is 0 Å². The molecule has 0 aromatic rings. The second kappa shape index (κ2) is 14.8. The van der Waals surface area contributed by atoms with Gasteiger partial charge in [0.25, 0.3) is 11.7 Å². The predicted molar refractivity (Wildman–Crippen MR) is 159 cm³/mol. The largest absolute Gasteiger partial charge is 0.456 e. The van der Waals surface area contributed by atoms with Crippen molar-refractivity contribution in [3.63, 3.8) is 0 Å². The van der Waals surface area contributed by atoms with Gasteiger partial charge in [-0.25, -0.2) is 4.79 Å². The number of ketones is 1. The molecule has 240 valence electrons. The summed E-state index contributed by atoms with van der Waals surface area (Å²) in [6.45, 7) is 12.1. The van der Waals surface area contributed by atoms with Gasteiger partial charge in [0.2, 0.25) is 0 Å². The molecule has 1 heterocycles. The molecule has 3 fully saturated rings. The number of amides is 1. The molecule has 42 heavy (non-hydrogen) atoms. The summed E-state index contributed by atoms with van der Waals surface area (Å²) in [7, 11) is 3.26. The number of hydrogen-bond donors (Lipinski definition) is 2. The minimum absolute atomic E-state index is 0.00234. The van der Waals surface area contributed by atoms with Crippen LogP contribution in [0.15, 0.2) is 11.6 Å². The molecular weight excluding hydrogens is 538 g/mol. The fourth-order valence-corrected chi connectivity index (χ4v) is 7.37. The first-order valence-corrected chi connectivity index (χ1v) is 15.9. The lowest BCUT2D eigenvalue weighted by Gasteiger charge is -2.46. The van der Waals surface area contributed by atoms with Crippen molar-refractivity contribution in [1.29, 1.82) is 0 Å². The Kier molecular flexibility index (Phi) is 12.2. The van der Waals surface area contributed by atoms with E-state index in [-0.39, 0.29) is 48.8 Å². The first-order valence-electron chi connectivity index (χ1n) is 15.9. The summed E-state index contributed by atoms with van der Waals surface area (Å²) in [5.41, 5.74) is -0.877. The number of carbonyl (C=O) groups is 3. The van der Waals surface area contributed by atoms with Crippen LogP contribution >= 0.6 is 0 Å². The number of methoxy groups -OCH3 is 2. The number of ether oxygens (including phenoxy) is 3. The Morgan fingerprint density at radius 3 is 2.24 bits per heavy atom. The smallest absolute Gasteiger partial charge is 0.329 e. The van der Waals surface area contributed by atoms with E-state index in [1.165, 1.54) is 4.90 Å². The molecule has 3 aliphatic rings. The number of piperidine rings is 1. The monoisotopic (exact) mass is 593 g/mol. The molecular formula is C33H55NO8. The molecule has 0 spiro atoms. The van der Waals surface area contributed by atoms with Gasteiger partial charge in [-0.15, -0.1) is 0 Å². The molecule has 2 N–H and O–H groups in total. The zero-order chi connectivity index (χ0) is 31.4. The van der Waals surface area contributed by atoms with E-state index in [0.717, 1.165) is 18.4 Å². The zero-order valence-electron chi connectivity index (χ0n) is 27.0. The van der Waals surface area contributed by atoms with Crippen LogP contribution in [0.2, 0.25) is 0 Å². The van der Waals surface area contributed by atoms with E-state index in [9.17, 15) is 24.6 Å². The van der Waals surface area contributed by atoms with Crippen molar-refractivity contribution in [2.75, 3.05) is 20.8 Å². The number of rotatable bonds is 10. The fourth-order valence-electron chi connectivity index (χ4n) is 7.37. The summed E-state index contributed by atoms with van der Waals surface area (Å²) in [6, 6.07) is -0.873. The molecule has 2 saturated carbocycles. The molecule has 0 bridgehead atoms. The van der Waals surface area contributed by atoms with Crippen LogP contribution in [0, 0.1) is 29.6 Å². The van der Waals surface area contributed by atoms with Gasteiger partial charge >= 0.3 is 5.97 Å². The number of carbonyl (C=O) groups excluding carboxylic acids is 3. The number of likely N-dealkylation sites (tertiary alicyclic amines) is 1. The standard InChI is InChI=1S/C33H55NO8/c1-19(2)24-18-33(39,22(6)16-27(24)40-7)30(36)31(37)34-14-10-9-11-25(34)32(38)42-29(20(3)4)21(5)15-23-12-13-26(35)28(17-23)41-8/h15,19-20,22-29,35,39H,9-14,16-18H2,1-8H3/b21-15+/t22-,23+,24-,25+,26-,27+,28-,29?,33+/m1/s1. The van der Waals surface area contributed by atoms with Crippen molar-refractivity contribution in [2.24, 2.45) is 29.6 Å². The van der Waals surface area contributed by atoms with Crippen LogP contribution in [-0.4, -0.2) is 89.6 Å². The minimum Gasteiger partial charge on any atom is -0.456 e. The van der Waals surface area contributed by atoms with E-state index in [0.29, 0.717) is 32.1 Å². The predicted octanol–water partition coefficient (Wildman–Crippen LogP) is 4.07. The van der Waals surface area contributed by atoms with Crippen molar-refractivity contribution in [3.05, 3.63) is 11.6 Å². The summed E-state index contributed by atoms with van der Waals surface area (Å²) in [5.74, 6) is -2.31. The summed E-state index contributed by atoms with van der Waals surface area (Å²) in [5, 5.41) is 21.8. The molecule has 9 nitrogen and oxygen atoms in total. The van der Waals surface area contributed by atoms with E-state index in [1.807, 2.05) is 34.6 Å². The molecule has 9 heteroatoms. The van der Waals surface area contributed by atoms with E-state index in [2.05, 4.69) is 6.08 Å². The molecule has 3 rings (SSSR count). The second-order valence-corrected chi connectivity index (χ2v) is 13.7. The van der Waals surface area contributed by atoms with Crippen molar-refractivity contribution in [1.82, 2.24) is 4.90 Å². The number of nitrogens with zero attached hydrogens (tertiary/aromatic N) is 1. The van der Waals surface area contributed by atoms with Crippen molar-refractivity contribution in [2.45, 2.75) is 129 Å². The molecule has 1 unspecified atom stereocenters. The van der Waals surface area contributed by atoms with Crippen molar-refractivity contribution < 1.29 is 38.8 Å². The lowest BCUT2D eigenvalue weighted by atomic mass is 9.65. The first kappa shape index (κ1) is 34.7. The highest BCUT2D eigenvalue weighted by molar-refractivity contribution is 6.39. The number of esters is 1. The first-order chi connectivity index (χ1) is 19.7. The van der Waals surface area contributed by atoms with Gasteiger partial charge in [-0.3, -0.25) is 9.59 Å². The van der Waals surface area contributed by atoms with Crippen LogP contribution in [-0.2, 0) is 28.6 Å². The topological polar surface area (TPSA) is 123 Å². The van der Waals surface area contributed by atoms with Crippen molar-refractivity contribution in [3.8, 4) is 0 Å². The highest BCUT2D eigenvalue weighted by Gasteiger charge is 2.54. The van der Waals surface area contributed by atoms with E-state index >= 15 is 0 Å². The SMILES string of the molecule is CO[C@H]1C[C@@H](C)[C@](O)(C(=O)C(=O)N2CCCC[C@H]2C(=O)OC(/C(C)=C/[C@@H]2CC[C@@H](O)[C@H](OC)C2)C(C)C)C[C@@H]1C(C)C. The molecule has 0 aromatic carbocycles. The van der Waals surface area contributed by atoms with Crippen LogP contribution in [0.5, 0.6) is 0 Å². The minimum atomic E-state index is -1.81. The van der Waals surface area contributed by atoms with Gasteiger partial charge in [-0.2, -0.15) is 0 Å². The van der Waals surface area contributed by atoms with Crippen LogP contribution in [0.25, 0.3) is 0 Å². The molecule has 1 amide bonds. The van der Waals surface area contributed by atoms with Crippen LogP contribution in [0.1, 0.15) is 92.9 Å². The van der Waals surface area contributed by atoms with E-state index < -0.39 is 47.4 Å². The Morgan fingerprint density at radius 2 is 1.64 bits per heavy atom. The van der Waals surface area contributed by atoms with Gasteiger partial charge in [0.1, 0.15) is 17.7 Å². The number of Topliss-reactive ketones (excluding diaryl/α,β-unsaturated/α-hetero) is 1. The average Bonchev–Trinajstić information content (AvgIpc) is 2.96. The van der Waals surface area contributed by atoms with Gasteiger partial charge in [0, 0.05) is 20.8 Å². The zero-order valence-corrected chi connectivity index (χ0v) is 27.0. The lowest BCUT2D eigenvalue weighted by molar-refractivity contribution is -0.174. The maximum absolute atomic E-state index is 13.7. The number of aliphatic hydroxyl groups excluding tert-OH is 1. The highest BCUT2D eigenvalue weighted by Crippen LogP contribution is 2.42. The summed E-state index contributed by atoms with van der Waals surface area (Å²) in [4.78, 5) is 42.4. The molecule has 1 aliphatic heterocycles. The molecule has 0 radical (unpaired) electrons. The second-order valence-electron chi connectivity index (χ2n) is 13.7. The molecule has 2 aliphatic carbocycles. The van der Waals surface area contributed by atoms with E-state index in [4.69, 9.17) is 14.2 Å². The van der Waals surface area contributed by atoms with Crippen LogP contribution in [0.4, 0.5) is 0 Å². The summed E-state index contributed by atoms with van der Waals surface area (Å²) >= 11 is 0. The van der Waals surface area contributed by atoms with Gasteiger partial charge in [-0.05, 0) is 93.5 Å². The number of aliphatic hydroxyl groups is 2. The quantitative estimate of drug-likeness (QED) is 0.221. The number of allylic oxidation sites excluding steroid dienone is 1. The molecule has 9 atom stereocenters. The maximum Gasteiger partial charge on any atom is 0.329 e. The average molecular weight is 594 g/mol. The summed E-state index contributed by atoms with van der Waals surface area (Å²) in [6.07, 6.45) is 5.51. The van der Waals surface area contributed by atoms with Gasteiger partial charge < -0.3 is 29.3 Å². The van der Waals surface area contributed by atoms with Crippen LogP contribution in [0.3, 0.4) is 0 Å². The molecule has 0 aromatic heterocycles. The Hall–Kier alpha value is -1.81. The van der Waals surface area contributed by atoms with Crippen molar-refractivity contribution >= 4 is 17.7 Å². The third-order valence-electron chi connectivity index (χ3n) is 10.1. The van der Waals surface area contributed by atoms with Gasteiger partial charge in [0.05, 0.1) is 18.3 Å². The Morgan fingerprint density at radius 1 is 0.976 bits per heavy atom. The summed E-state index contributed by atoms with van der Waals surface area (Å²) < 4.78 is 17.2. The van der Waals surface area contributed by atoms with Gasteiger partial charge in [0.15, 0.2) is 0 Å². The fraction of sp³-hybridized carbons (Fsp3) is 0.848. The lowest BCUT2D eigenvalue weighted by Crippen LogP contribution is -2.61. The highest BCUT2D eigenvalue weighted by atomic mass is 16.5. The Labute approximate surface area is 252 Å². The number of hydrogen-bond acceptors (Lipinski definition) is 8. The third kappa shape index (κ3) is 7.63. The molecule has 1 saturated heterocycles. The van der Waals surface area contributed by atoms with Gasteiger partial charge in [-0.1, -0.05) is 40.7 Å². The maximum atomic E-state index is 13.7. The normalized spacial score (nSPS) is 35.3.